The monoisotopic (exact) mass is 600 g/mol. The lowest BCUT2D eigenvalue weighted by atomic mass is 9.52. The highest BCUT2D eigenvalue weighted by Crippen LogP contribution is 2.54. The molecule has 1 aliphatic heterocycles. The Hall–Kier alpha value is -1.20. The lowest BCUT2D eigenvalue weighted by molar-refractivity contribution is -0.182. The third-order valence-electron chi connectivity index (χ3n) is 8.22. The van der Waals surface area contributed by atoms with Crippen LogP contribution in [0.3, 0.4) is 0 Å². The standard InChI is InChI=1S/C27H41IN2O5/c1-7-11-34-25-19(9-8-10-21(25)28)14-30-24(23(18(4)32)22(15-31)35-30)26(33)29-13-16(2)20-12-17(3)27(20,5)6/h7-10,16-18,20,22-24,31-32H,1,11-15H2,2-6H3,(H,29,33)/t16-,17+,18+,20+,22+,23-,24+/m1/s1. The Kier molecular flexibility index (Phi) is 9.64. The van der Waals surface area contributed by atoms with Gasteiger partial charge in [0, 0.05) is 18.0 Å². The van der Waals surface area contributed by atoms with Gasteiger partial charge in [0.05, 0.1) is 22.8 Å². The summed E-state index contributed by atoms with van der Waals surface area (Å²) in [6.07, 6.45) is 1.36. The molecule has 0 spiro atoms. The van der Waals surface area contributed by atoms with E-state index in [1.54, 1.807) is 18.1 Å². The van der Waals surface area contributed by atoms with Crippen molar-refractivity contribution < 1.29 is 24.6 Å². The number of aliphatic hydroxyl groups excluding tert-OH is 2. The summed E-state index contributed by atoms with van der Waals surface area (Å²) in [6, 6.07) is 5.08. The van der Waals surface area contributed by atoms with Gasteiger partial charge in [-0.3, -0.25) is 9.63 Å². The van der Waals surface area contributed by atoms with Crippen LogP contribution in [-0.4, -0.2) is 59.2 Å². The summed E-state index contributed by atoms with van der Waals surface area (Å²) in [5, 5.41) is 25.2. The van der Waals surface area contributed by atoms with Gasteiger partial charge in [-0.2, -0.15) is 5.06 Å². The van der Waals surface area contributed by atoms with Gasteiger partial charge in [0.15, 0.2) is 0 Å². The van der Waals surface area contributed by atoms with E-state index in [1.807, 2.05) is 18.2 Å². The van der Waals surface area contributed by atoms with E-state index in [0.717, 1.165) is 9.13 Å². The Morgan fingerprint density at radius 2 is 2.14 bits per heavy atom. The second-order valence-electron chi connectivity index (χ2n) is 10.8. The van der Waals surface area contributed by atoms with Crippen LogP contribution in [0.25, 0.3) is 0 Å². The molecule has 1 aromatic carbocycles. The van der Waals surface area contributed by atoms with E-state index in [0.29, 0.717) is 36.7 Å². The number of hydrogen-bond donors (Lipinski definition) is 3. The number of carbonyl (C=O) groups excluding carboxylic acids is 1. The number of nitrogens with one attached hydrogen (secondary N) is 1. The largest absolute Gasteiger partial charge is 0.488 e. The zero-order chi connectivity index (χ0) is 25.9. The number of halogens is 1. The van der Waals surface area contributed by atoms with E-state index in [9.17, 15) is 15.0 Å². The van der Waals surface area contributed by atoms with Gasteiger partial charge in [-0.05, 0) is 65.2 Å². The molecule has 1 amide bonds. The minimum Gasteiger partial charge on any atom is -0.488 e. The average molecular weight is 601 g/mol. The first-order valence-electron chi connectivity index (χ1n) is 12.5. The molecule has 3 N–H and O–H groups in total. The van der Waals surface area contributed by atoms with Crippen LogP contribution in [0.4, 0.5) is 0 Å². The average Bonchev–Trinajstić information content (AvgIpc) is 3.19. The fourth-order valence-electron chi connectivity index (χ4n) is 5.69. The van der Waals surface area contributed by atoms with Crippen molar-refractivity contribution in [1.29, 1.82) is 0 Å². The summed E-state index contributed by atoms with van der Waals surface area (Å²) >= 11 is 2.22. The fraction of sp³-hybridized carbons (Fsp3) is 0.667. The minimum absolute atomic E-state index is 0.192. The first-order valence-corrected chi connectivity index (χ1v) is 13.6. The zero-order valence-corrected chi connectivity index (χ0v) is 23.7. The van der Waals surface area contributed by atoms with E-state index >= 15 is 0 Å². The highest BCUT2D eigenvalue weighted by atomic mass is 127. The third-order valence-corrected chi connectivity index (χ3v) is 9.07. The molecular formula is C27H41IN2O5. The maximum Gasteiger partial charge on any atom is 0.240 e. The minimum atomic E-state index is -0.830. The molecule has 0 bridgehead atoms. The predicted octanol–water partition coefficient (Wildman–Crippen LogP) is 3.76. The molecule has 1 saturated heterocycles. The van der Waals surface area contributed by atoms with Crippen LogP contribution in [0.5, 0.6) is 5.75 Å². The van der Waals surface area contributed by atoms with Gasteiger partial charge in [0.25, 0.3) is 0 Å². The van der Waals surface area contributed by atoms with E-state index in [2.05, 4.69) is 62.2 Å². The molecule has 0 aromatic heterocycles. The number of amides is 1. The molecule has 1 aliphatic carbocycles. The normalized spacial score (nSPS) is 29.8. The molecule has 1 saturated carbocycles. The Morgan fingerprint density at radius 1 is 1.43 bits per heavy atom. The van der Waals surface area contributed by atoms with Crippen molar-refractivity contribution in [2.24, 2.45) is 29.1 Å². The van der Waals surface area contributed by atoms with Crippen molar-refractivity contribution in [1.82, 2.24) is 10.4 Å². The number of hydroxylamine groups is 2. The number of ether oxygens (including phenoxy) is 1. The molecule has 7 nitrogen and oxygen atoms in total. The molecule has 7 atom stereocenters. The number of para-hydroxylation sites is 1. The second kappa shape index (κ2) is 11.9. The summed E-state index contributed by atoms with van der Waals surface area (Å²) < 4.78 is 6.84. The molecule has 196 valence electrons. The Bertz CT molecular complexity index is 892. The summed E-state index contributed by atoms with van der Waals surface area (Å²) in [5.74, 6) is 1.54. The summed E-state index contributed by atoms with van der Waals surface area (Å²) in [4.78, 5) is 19.6. The van der Waals surface area contributed by atoms with Crippen LogP contribution in [0.1, 0.15) is 46.6 Å². The highest BCUT2D eigenvalue weighted by Gasteiger charge is 2.50. The van der Waals surface area contributed by atoms with Crippen LogP contribution < -0.4 is 10.1 Å². The van der Waals surface area contributed by atoms with E-state index in [1.165, 1.54) is 6.42 Å². The summed E-state index contributed by atoms with van der Waals surface area (Å²) in [6.45, 7) is 15.4. The lowest BCUT2D eigenvalue weighted by Gasteiger charge is -2.53. The van der Waals surface area contributed by atoms with Crippen molar-refractivity contribution in [2.45, 2.75) is 65.8 Å². The molecular weight excluding hydrogens is 559 g/mol. The van der Waals surface area contributed by atoms with Crippen molar-refractivity contribution >= 4 is 28.5 Å². The number of nitrogens with zero attached hydrogens (tertiary/aromatic N) is 1. The summed E-state index contributed by atoms with van der Waals surface area (Å²) in [7, 11) is 0. The van der Waals surface area contributed by atoms with Crippen molar-refractivity contribution in [3.8, 4) is 5.75 Å². The number of carbonyl (C=O) groups is 1. The highest BCUT2D eigenvalue weighted by molar-refractivity contribution is 14.1. The van der Waals surface area contributed by atoms with Gasteiger partial charge in [0.2, 0.25) is 5.91 Å². The van der Waals surface area contributed by atoms with Gasteiger partial charge in [-0.25, -0.2) is 0 Å². The molecule has 1 aromatic rings. The number of aliphatic hydroxyl groups is 2. The Labute approximate surface area is 223 Å². The predicted molar refractivity (Wildman–Crippen MR) is 145 cm³/mol. The number of hydrogen-bond acceptors (Lipinski definition) is 6. The molecule has 2 fully saturated rings. The van der Waals surface area contributed by atoms with Gasteiger partial charge >= 0.3 is 0 Å². The fourth-order valence-corrected chi connectivity index (χ4v) is 6.40. The van der Waals surface area contributed by atoms with Crippen LogP contribution in [0.15, 0.2) is 30.9 Å². The van der Waals surface area contributed by atoms with Crippen LogP contribution in [0.2, 0.25) is 0 Å². The summed E-state index contributed by atoms with van der Waals surface area (Å²) in [5.41, 5.74) is 1.13. The van der Waals surface area contributed by atoms with Crippen molar-refractivity contribution in [2.75, 3.05) is 19.8 Å². The second-order valence-corrected chi connectivity index (χ2v) is 11.9. The zero-order valence-electron chi connectivity index (χ0n) is 21.5. The molecule has 2 aliphatic rings. The van der Waals surface area contributed by atoms with E-state index in [4.69, 9.17) is 9.57 Å². The quantitative estimate of drug-likeness (QED) is 0.265. The van der Waals surface area contributed by atoms with Gasteiger partial charge in [-0.15, -0.1) is 0 Å². The molecule has 35 heavy (non-hydrogen) atoms. The van der Waals surface area contributed by atoms with E-state index < -0.39 is 24.2 Å². The maximum absolute atomic E-state index is 13.5. The van der Waals surface area contributed by atoms with Crippen LogP contribution in [-0.2, 0) is 16.2 Å². The SMILES string of the molecule is C=CCOc1c(I)cccc1CN1O[C@@H](CO)[C@@H]([C@H](C)O)[C@H]1C(=O)NC[C@@H](C)[C@@H]1C[C@H](C)C1(C)C. The Balaban J connectivity index is 1.79. The topological polar surface area (TPSA) is 91.3 Å². The smallest absolute Gasteiger partial charge is 0.240 e. The Morgan fingerprint density at radius 3 is 2.71 bits per heavy atom. The van der Waals surface area contributed by atoms with Crippen molar-refractivity contribution in [3.05, 3.63) is 40.0 Å². The third kappa shape index (κ3) is 6.04. The van der Waals surface area contributed by atoms with Gasteiger partial charge < -0.3 is 20.3 Å². The molecule has 1 heterocycles. The van der Waals surface area contributed by atoms with Gasteiger partial charge in [0.1, 0.15) is 24.5 Å². The molecule has 0 radical (unpaired) electrons. The molecule has 8 heteroatoms. The molecule has 3 rings (SSSR count). The first kappa shape index (κ1) is 28.4. The maximum atomic E-state index is 13.5. The number of benzene rings is 1. The van der Waals surface area contributed by atoms with Crippen LogP contribution in [0, 0.1) is 32.7 Å². The van der Waals surface area contributed by atoms with Crippen LogP contribution >= 0.6 is 22.6 Å². The lowest BCUT2D eigenvalue weighted by Crippen LogP contribution is -2.52. The number of rotatable bonds is 11. The van der Waals surface area contributed by atoms with Crippen molar-refractivity contribution in [3.63, 3.8) is 0 Å². The van der Waals surface area contributed by atoms with E-state index in [-0.39, 0.29) is 24.5 Å². The first-order chi connectivity index (χ1) is 16.5. The van der Waals surface area contributed by atoms with Gasteiger partial charge in [-0.1, -0.05) is 52.5 Å². The molecule has 0 unspecified atom stereocenters.